The fourth-order valence-corrected chi connectivity index (χ4v) is 3.56. The van der Waals surface area contributed by atoms with Crippen LogP contribution in [0.1, 0.15) is 29.9 Å². The third-order valence-corrected chi connectivity index (χ3v) is 5.39. The van der Waals surface area contributed by atoms with E-state index in [1.165, 1.54) is 5.56 Å². The molecule has 0 aromatic heterocycles. The SMILES string of the molecule is Cc1ccc(C2CC(=O)C(C=NCCN3CCN(C)CC3)=C(O)C2)cc1. The molecular formula is C21H29N3O2. The van der Waals surface area contributed by atoms with Gasteiger partial charge in [0.2, 0.25) is 0 Å². The number of likely N-dealkylation sites (N-methyl/N-ethyl adjacent to an activating group) is 1. The highest BCUT2D eigenvalue weighted by atomic mass is 16.3. The molecule has 140 valence electrons. The van der Waals surface area contributed by atoms with E-state index in [4.69, 9.17) is 0 Å². The number of aliphatic hydroxyl groups is 1. The molecule has 5 nitrogen and oxygen atoms in total. The van der Waals surface area contributed by atoms with Crippen LogP contribution < -0.4 is 0 Å². The maximum atomic E-state index is 12.5. The molecule has 1 unspecified atom stereocenters. The number of nitrogens with zero attached hydrogens (tertiary/aromatic N) is 3. The lowest BCUT2D eigenvalue weighted by Gasteiger charge is -2.31. The number of carbonyl (C=O) groups excluding carboxylic acids is 1. The molecule has 2 aliphatic rings. The van der Waals surface area contributed by atoms with Crippen LogP contribution in [0.3, 0.4) is 0 Å². The fraction of sp³-hybridized carbons (Fsp3) is 0.524. The Labute approximate surface area is 156 Å². The minimum Gasteiger partial charge on any atom is -0.511 e. The highest BCUT2D eigenvalue weighted by Crippen LogP contribution is 2.33. The predicted octanol–water partition coefficient (Wildman–Crippen LogP) is 2.57. The number of benzene rings is 1. The summed E-state index contributed by atoms with van der Waals surface area (Å²) in [6.45, 7) is 7.93. The molecule has 0 spiro atoms. The van der Waals surface area contributed by atoms with Gasteiger partial charge in [0.25, 0.3) is 0 Å². The fourth-order valence-electron chi connectivity index (χ4n) is 3.56. The van der Waals surface area contributed by atoms with Gasteiger partial charge < -0.3 is 10.0 Å². The lowest BCUT2D eigenvalue weighted by atomic mass is 9.83. The topological polar surface area (TPSA) is 56.1 Å². The van der Waals surface area contributed by atoms with Gasteiger partial charge in [0.15, 0.2) is 5.78 Å². The van der Waals surface area contributed by atoms with Crippen molar-refractivity contribution in [1.29, 1.82) is 0 Å². The Hall–Kier alpha value is -1.98. The van der Waals surface area contributed by atoms with E-state index >= 15 is 0 Å². The number of hydrogen-bond acceptors (Lipinski definition) is 5. The molecule has 0 amide bonds. The smallest absolute Gasteiger partial charge is 0.168 e. The van der Waals surface area contributed by atoms with Gasteiger partial charge in [-0.3, -0.25) is 14.7 Å². The zero-order chi connectivity index (χ0) is 18.5. The Balaban J connectivity index is 1.55. The molecule has 0 radical (unpaired) electrons. The molecule has 1 aliphatic heterocycles. The van der Waals surface area contributed by atoms with Crippen molar-refractivity contribution in [3.05, 3.63) is 46.7 Å². The summed E-state index contributed by atoms with van der Waals surface area (Å²) >= 11 is 0. The molecule has 1 aliphatic carbocycles. The van der Waals surface area contributed by atoms with Crippen molar-refractivity contribution in [2.24, 2.45) is 4.99 Å². The van der Waals surface area contributed by atoms with Crippen molar-refractivity contribution in [3.63, 3.8) is 0 Å². The van der Waals surface area contributed by atoms with Crippen LogP contribution in [0, 0.1) is 6.92 Å². The summed E-state index contributed by atoms with van der Waals surface area (Å²) in [5, 5.41) is 10.4. The molecule has 1 saturated heterocycles. The minimum absolute atomic E-state index is 0.0114. The van der Waals surface area contributed by atoms with Gasteiger partial charge in [-0.05, 0) is 25.5 Å². The second-order valence-corrected chi connectivity index (χ2v) is 7.48. The molecule has 1 heterocycles. The Morgan fingerprint density at radius 2 is 1.85 bits per heavy atom. The second kappa shape index (κ2) is 8.60. The number of aryl methyl sites for hydroxylation is 1. The van der Waals surface area contributed by atoms with Crippen molar-refractivity contribution in [1.82, 2.24) is 9.80 Å². The van der Waals surface area contributed by atoms with Crippen LogP contribution in [0.15, 0.2) is 40.6 Å². The number of hydrogen-bond donors (Lipinski definition) is 1. The molecule has 1 atom stereocenters. The normalized spacial score (nSPS) is 23.2. The number of aliphatic imine (C=N–C) groups is 1. The number of ketones is 1. The Bertz CT molecular complexity index is 686. The number of allylic oxidation sites excluding steroid dienone is 2. The van der Waals surface area contributed by atoms with E-state index in [0.717, 1.165) is 38.3 Å². The first-order valence-corrected chi connectivity index (χ1v) is 9.45. The van der Waals surface area contributed by atoms with Crippen molar-refractivity contribution >= 4 is 12.0 Å². The van der Waals surface area contributed by atoms with Gasteiger partial charge in [0, 0.05) is 51.8 Å². The first kappa shape index (κ1) is 18.8. The number of rotatable bonds is 5. The number of piperazine rings is 1. The van der Waals surface area contributed by atoms with Crippen molar-refractivity contribution in [3.8, 4) is 0 Å². The lowest BCUT2D eigenvalue weighted by Crippen LogP contribution is -2.45. The first-order chi connectivity index (χ1) is 12.5. The summed E-state index contributed by atoms with van der Waals surface area (Å²) in [4.78, 5) is 21.6. The van der Waals surface area contributed by atoms with Crippen LogP contribution in [0.5, 0.6) is 0 Å². The van der Waals surface area contributed by atoms with E-state index < -0.39 is 0 Å². The van der Waals surface area contributed by atoms with Crippen LogP contribution in [-0.4, -0.2) is 73.2 Å². The molecule has 1 fully saturated rings. The molecule has 1 aromatic rings. The van der Waals surface area contributed by atoms with Gasteiger partial charge >= 0.3 is 0 Å². The van der Waals surface area contributed by atoms with Gasteiger partial charge in [0.05, 0.1) is 12.1 Å². The van der Waals surface area contributed by atoms with Gasteiger partial charge in [-0.15, -0.1) is 0 Å². The zero-order valence-corrected chi connectivity index (χ0v) is 15.8. The summed E-state index contributed by atoms with van der Waals surface area (Å²) in [6.07, 6.45) is 2.53. The Morgan fingerprint density at radius 3 is 2.50 bits per heavy atom. The summed E-state index contributed by atoms with van der Waals surface area (Å²) in [7, 11) is 2.14. The van der Waals surface area contributed by atoms with Gasteiger partial charge in [-0.25, -0.2) is 0 Å². The van der Waals surface area contributed by atoms with E-state index in [1.807, 2.05) is 6.92 Å². The summed E-state index contributed by atoms with van der Waals surface area (Å²) in [5.41, 5.74) is 2.71. The van der Waals surface area contributed by atoms with E-state index in [9.17, 15) is 9.90 Å². The predicted molar refractivity (Wildman–Crippen MR) is 105 cm³/mol. The second-order valence-electron chi connectivity index (χ2n) is 7.48. The number of carbonyl (C=O) groups is 1. The number of Topliss-reactive ketones (excluding diaryl/α,β-unsaturated/α-hetero) is 1. The van der Waals surface area contributed by atoms with E-state index in [2.05, 4.69) is 46.1 Å². The molecule has 0 bridgehead atoms. The first-order valence-electron chi connectivity index (χ1n) is 9.45. The summed E-state index contributed by atoms with van der Waals surface area (Å²) in [6, 6.07) is 8.21. The average Bonchev–Trinajstić information content (AvgIpc) is 2.62. The third-order valence-electron chi connectivity index (χ3n) is 5.39. The van der Waals surface area contributed by atoms with Crippen molar-refractivity contribution in [2.45, 2.75) is 25.7 Å². The largest absolute Gasteiger partial charge is 0.511 e. The van der Waals surface area contributed by atoms with Gasteiger partial charge in [0.1, 0.15) is 5.76 Å². The van der Waals surface area contributed by atoms with Crippen LogP contribution in [0.25, 0.3) is 0 Å². The maximum Gasteiger partial charge on any atom is 0.168 e. The summed E-state index contributed by atoms with van der Waals surface area (Å²) < 4.78 is 0. The molecule has 3 rings (SSSR count). The monoisotopic (exact) mass is 355 g/mol. The van der Waals surface area contributed by atoms with E-state index in [0.29, 0.717) is 25.0 Å². The number of aliphatic hydroxyl groups excluding tert-OH is 1. The molecule has 26 heavy (non-hydrogen) atoms. The third kappa shape index (κ3) is 4.80. The lowest BCUT2D eigenvalue weighted by molar-refractivity contribution is -0.116. The van der Waals surface area contributed by atoms with Crippen LogP contribution >= 0.6 is 0 Å². The van der Waals surface area contributed by atoms with Crippen molar-refractivity contribution < 1.29 is 9.90 Å². The van der Waals surface area contributed by atoms with Crippen molar-refractivity contribution in [2.75, 3.05) is 46.3 Å². The van der Waals surface area contributed by atoms with E-state index in [1.54, 1.807) is 6.21 Å². The Kier molecular flexibility index (Phi) is 6.22. The molecule has 0 saturated carbocycles. The average molecular weight is 355 g/mol. The molecule has 1 aromatic carbocycles. The molecule has 1 N–H and O–H groups in total. The zero-order valence-electron chi connectivity index (χ0n) is 15.8. The highest BCUT2D eigenvalue weighted by Gasteiger charge is 2.27. The standard InChI is InChI=1S/C21H29N3O2/c1-16-3-5-17(6-4-16)18-13-20(25)19(21(26)14-18)15-22-7-8-24-11-9-23(2)10-12-24/h3-6,15,18,25H,7-14H2,1-2H3. The van der Waals surface area contributed by atoms with Crippen LogP contribution in [-0.2, 0) is 4.79 Å². The van der Waals surface area contributed by atoms with Crippen LogP contribution in [0.4, 0.5) is 0 Å². The van der Waals surface area contributed by atoms with E-state index in [-0.39, 0.29) is 17.5 Å². The van der Waals surface area contributed by atoms with Gasteiger partial charge in [-0.1, -0.05) is 29.8 Å². The summed E-state index contributed by atoms with van der Waals surface area (Å²) in [5.74, 6) is 0.225. The maximum absolute atomic E-state index is 12.5. The quantitative estimate of drug-likeness (QED) is 0.825. The highest BCUT2D eigenvalue weighted by molar-refractivity contribution is 6.14. The Morgan fingerprint density at radius 1 is 1.15 bits per heavy atom. The minimum atomic E-state index is -0.0114. The molecule has 5 heteroatoms. The van der Waals surface area contributed by atoms with Crippen LogP contribution in [0.2, 0.25) is 0 Å². The van der Waals surface area contributed by atoms with Gasteiger partial charge in [-0.2, -0.15) is 0 Å². The molecular weight excluding hydrogens is 326 g/mol.